The van der Waals surface area contributed by atoms with E-state index in [-0.39, 0.29) is 18.9 Å². The minimum Gasteiger partial charge on any atom is -0.493 e. The molecule has 26 heavy (non-hydrogen) atoms. The maximum absolute atomic E-state index is 12.4. The lowest BCUT2D eigenvalue weighted by Gasteiger charge is -2.17. The summed E-state index contributed by atoms with van der Waals surface area (Å²) in [6, 6.07) is 13.0. The Hall–Kier alpha value is -3.02. The van der Waals surface area contributed by atoms with Crippen molar-refractivity contribution >= 4 is 17.6 Å². The van der Waals surface area contributed by atoms with Crippen molar-refractivity contribution in [2.24, 2.45) is 0 Å². The molecule has 0 saturated heterocycles. The Labute approximate surface area is 152 Å². The van der Waals surface area contributed by atoms with Crippen molar-refractivity contribution in [3.63, 3.8) is 0 Å². The summed E-state index contributed by atoms with van der Waals surface area (Å²) in [6.45, 7) is 0.353. The molecule has 3 rings (SSSR count). The Balaban J connectivity index is 1.55. The van der Waals surface area contributed by atoms with E-state index in [0.29, 0.717) is 18.0 Å². The summed E-state index contributed by atoms with van der Waals surface area (Å²) in [5, 5.41) is 0. The summed E-state index contributed by atoms with van der Waals surface area (Å²) >= 11 is 0. The lowest BCUT2D eigenvalue weighted by molar-refractivity contribution is -0.147. The summed E-state index contributed by atoms with van der Waals surface area (Å²) in [5.74, 6) is 0.462. The minimum atomic E-state index is -0.460. The Bertz CT molecular complexity index is 818. The molecule has 1 heterocycles. The van der Waals surface area contributed by atoms with Gasteiger partial charge in [-0.25, -0.2) is 0 Å². The second-order valence-corrected chi connectivity index (χ2v) is 5.95. The zero-order valence-corrected chi connectivity index (χ0v) is 14.9. The van der Waals surface area contributed by atoms with Gasteiger partial charge in [-0.2, -0.15) is 0 Å². The third-order valence-corrected chi connectivity index (χ3v) is 4.34. The molecular weight excluding hydrogens is 334 g/mol. The molecule has 6 heteroatoms. The summed E-state index contributed by atoms with van der Waals surface area (Å²) in [7, 11) is 3.08. The van der Waals surface area contributed by atoms with E-state index in [4.69, 9.17) is 14.2 Å². The van der Waals surface area contributed by atoms with Crippen molar-refractivity contribution in [1.82, 2.24) is 0 Å². The fourth-order valence-corrected chi connectivity index (χ4v) is 3.03. The van der Waals surface area contributed by atoms with Crippen LogP contribution >= 0.6 is 0 Å². The van der Waals surface area contributed by atoms with Crippen LogP contribution < -0.4 is 14.4 Å². The van der Waals surface area contributed by atoms with Crippen LogP contribution in [0.3, 0.4) is 0 Å². The van der Waals surface area contributed by atoms with E-state index in [1.165, 1.54) is 7.11 Å². The number of carbonyl (C=O) groups is 2. The summed E-state index contributed by atoms with van der Waals surface area (Å²) in [4.78, 5) is 26.1. The Morgan fingerprint density at radius 3 is 2.58 bits per heavy atom. The van der Waals surface area contributed by atoms with Crippen LogP contribution in [0.2, 0.25) is 0 Å². The van der Waals surface area contributed by atoms with Gasteiger partial charge in [-0.15, -0.1) is 0 Å². The molecule has 0 bridgehead atoms. The van der Waals surface area contributed by atoms with Crippen LogP contribution in [-0.2, 0) is 27.2 Å². The third kappa shape index (κ3) is 3.79. The highest BCUT2D eigenvalue weighted by molar-refractivity contribution is 5.97. The number of anilines is 1. The highest BCUT2D eigenvalue weighted by Crippen LogP contribution is 2.28. The smallest absolute Gasteiger partial charge is 0.310 e. The SMILES string of the molecule is COc1ccc(CC(=O)OCC(=O)N2CCc3ccccc32)cc1OC. The van der Waals surface area contributed by atoms with Crippen LogP contribution in [0.1, 0.15) is 11.1 Å². The Morgan fingerprint density at radius 2 is 1.81 bits per heavy atom. The van der Waals surface area contributed by atoms with Crippen LogP contribution in [0.15, 0.2) is 42.5 Å². The number of ether oxygens (including phenoxy) is 3. The van der Waals surface area contributed by atoms with E-state index in [2.05, 4.69) is 0 Å². The maximum atomic E-state index is 12.4. The normalized spacial score (nSPS) is 12.5. The molecule has 2 aromatic carbocycles. The average Bonchev–Trinajstić information content (AvgIpc) is 3.10. The molecule has 0 aromatic heterocycles. The number of amides is 1. The van der Waals surface area contributed by atoms with Crippen LogP contribution in [-0.4, -0.2) is 39.2 Å². The standard InChI is InChI=1S/C20H21NO5/c1-24-17-8-7-14(11-18(17)25-2)12-20(23)26-13-19(22)21-10-9-15-5-3-4-6-16(15)21/h3-8,11H,9-10,12-13H2,1-2H3. The zero-order chi connectivity index (χ0) is 18.5. The van der Waals surface area contributed by atoms with Crippen LogP contribution in [0.4, 0.5) is 5.69 Å². The first-order chi connectivity index (χ1) is 12.6. The fourth-order valence-electron chi connectivity index (χ4n) is 3.03. The first kappa shape index (κ1) is 17.8. The summed E-state index contributed by atoms with van der Waals surface area (Å²) < 4.78 is 15.6. The number of methoxy groups -OCH3 is 2. The molecule has 0 fully saturated rings. The van der Waals surface area contributed by atoms with E-state index >= 15 is 0 Å². The zero-order valence-electron chi connectivity index (χ0n) is 14.9. The third-order valence-electron chi connectivity index (χ3n) is 4.34. The van der Waals surface area contributed by atoms with Gasteiger partial charge in [-0.1, -0.05) is 24.3 Å². The van der Waals surface area contributed by atoms with Crippen molar-refractivity contribution in [2.75, 3.05) is 32.3 Å². The number of nitrogens with zero attached hydrogens (tertiary/aromatic N) is 1. The fraction of sp³-hybridized carbons (Fsp3) is 0.300. The van der Waals surface area contributed by atoms with Gasteiger partial charge in [-0.05, 0) is 35.7 Å². The van der Waals surface area contributed by atoms with E-state index in [0.717, 1.165) is 23.2 Å². The lowest BCUT2D eigenvalue weighted by Crippen LogP contribution is -2.33. The van der Waals surface area contributed by atoms with Crippen LogP contribution in [0.5, 0.6) is 11.5 Å². The average molecular weight is 355 g/mol. The number of carbonyl (C=O) groups excluding carboxylic acids is 2. The van der Waals surface area contributed by atoms with Crippen LogP contribution in [0, 0.1) is 0 Å². The van der Waals surface area contributed by atoms with E-state index < -0.39 is 5.97 Å². The molecule has 1 aliphatic heterocycles. The van der Waals surface area contributed by atoms with Crippen molar-refractivity contribution in [2.45, 2.75) is 12.8 Å². The monoisotopic (exact) mass is 355 g/mol. The molecule has 2 aromatic rings. The molecule has 0 unspecified atom stereocenters. The number of hydrogen-bond donors (Lipinski definition) is 0. The van der Waals surface area contributed by atoms with Gasteiger partial charge in [0.25, 0.3) is 5.91 Å². The van der Waals surface area contributed by atoms with Crippen molar-refractivity contribution < 1.29 is 23.8 Å². The van der Waals surface area contributed by atoms with Gasteiger partial charge < -0.3 is 19.1 Å². The Morgan fingerprint density at radius 1 is 1.04 bits per heavy atom. The number of para-hydroxylation sites is 1. The second-order valence-electron chi connectivity index (χ2n) is 5.95. The molecule has 136 valence electrons. The molecule has 0 saturated carbocycles. The molecule has 0 spiro atoms. The first-order valence-corrected chi connectivity index (χ1v) is 8.37. The Kier molecular flexibility index (Phi) is 5.41. The van der Waals surface area contributed by atoms with Gasteiger partial charge in [-0.3, -0.25) is 9.59 Å². The largest absolute Gasteiger partial charge is 0.493 e. The van der Waals surface area contributed by atoms with Gasteiger partial charge in [0.05, 0.1) is 20.6 Å². The van der Waals surface area contributed by atoms with Gasteiger partial charge >= 0.3 is 5.97 Å². The molecule has 1 amide bonds. The molecule has 0 atom stereocenters. The summed E-state index contributed by atoms with van der Waals surface area (Å²) in [5.41, 5.74) is 2.76. The number of hydrogen-bond acceptors (Lipinski definition) is 5. The first-order valence-electron chi connectivity index (χ1n) is 8.37. The molecular formula is C20H21NO5. The molecule has 0 aliphatic carbocycles. The topological polar surface area (TPSA) is 65.1 Å². The molecule has 0 radical (unpaired) electrons. The predicted molar refractivity (Wildman–Crippen MR) is 96.7 cm³/mol. The van der Waals surface area contributed by atoms with Crippen molar-refractivity contribution in [3.05, 3.63) is 53.6 Å². The molecule has 0 N–H and O–H groups in total. The van der Waals surface area contributed by atoms with Gasteiger partial charge in [0, 0.05) is 12.2 Å². The van der Waals surface area contributed by atoms with Gasteiger partial charge in [0.15, 0.2) is 18.1 Å². The van der Waals surface area contributed by atoms with Crippen LogP contribution in [0.25, 0.3) is 0 Å². The highest BCUT2D eigenvalue weighted by atomic mass is 16.5. The number of benzene rings is 2. The number of fused-ring (bicyclic) bond motifs is 1. The van der Waals surface area contributed by atoms with Crippen molar-refractivity contribution in [1.29, 1.82) is 0 Å². The molecule has 1 aliphatic rings. The van der Waals surface area contributed by atoms with Gasteiger partial charge in [0.2, 0.25) is 0 Å². The van der Waals surface area contributed by atoms with Crippen molar-refractivity contribution in [3.8, 4) is 11.5 Å². The minimum absolute atomic E-state index is 0.0597. The lowest BCUT2D eigenvalue weighted by atomic mass is 10.1. The quantitative estimate of drug-likeness (QED) is 0.745. The number of rotatable bonds is 6. The maximum Gasteiger partial charge on any atom is 0.310 e. The second kappa shape index (κ2) is 7.91. The predicted octanol–water partition coefficient (Wildman–Crippen LogP) is 2.38. The van der Waals surface area contributed by atoms with E-state index in [9.17, 15) is 9.59 Å². The van der Waals surface area contributed by atoms with Gasteiger partial charge in [0.1, 0.15) is 0 Å². The highest BCUT2D eigenvalue weighted by Gasteiger charge is 2.24. The van der Waals surface area contributed by atoms with E-state index in [1.807, 2.05) is 24.3 Å². The van der Waals surface area contributed by atoms with E-state index in [1.54, 1.807) is 30.2 Å². The summed E-state index contributed by atoms with van der Waals surface area (Å²) in [6.07, 6.45) is 0.881. The molecule has 6 nitrogen and oxygen atoms in total. The number of esters is 1.